The molecule has 0 unspecified atom stereocenters. The van der Waals surface area contributed by atoms with E-state index in [2.05, 4.69) is 20.9 Å². The molecule has 0 amide bonds. The van der Waals surface area contributed by atoms with Crippen LogP contribution < -0.4 is 0 Å². The highest BCUT2D eigenvalue weighted by Gasteiger charge is 2.19. The Bertz CT molecular complexity index is 396. The van der Waals surface area contributed by atoms with E-state index >= 15 is 0 Å². The lowest BCUT2D eigenvalue weighted by atomic mass is 10.1. The predicted molar refractivity (Wildman–Crippen MR) is 53.0 cm³/mol. The van der Waals surface area contributed by atoms with Gasteiger partial charge in [0.1, 0.15) is 5.69 Å². The molecule has 0 radical (unpaired) electrons. The van der Waals surface area contributed by atoms with Crippen molar-refractivity contribution in [3.05, 3.63) is 27.5 Å². The first kappa shape index (κ1) is 12.0. The molecule has 0 fully saturated rings. The molecular formula is C9H8BrF2NO2. The van der Waals surface area contributed by atoms with Crippen molar-refractivity contribution in [2.45, 2.75) is 19.8 Å². The summed E-state index contributed by atoms with van der Waals surface area (Å²) in [6.45, 7) is 1.63. The van der Waals surface area contributed by atoms with E-state index in [-0.39, 0.29) is 10.9 Å². The molecule has 1 heterocycles. The number of aliphatic carboxylic acids is 1. The van der Waals surface area contributed by atoms with Crippen LogP contribution in [0.5, 0.6) is 0 Å². The third-order valence-electron chi connectivity index (χ3n) is 1.90. The molecule has 1 aromatic rings. The minimum Gasteiger partial charge on any atom is -0.481 e. The molecule has 0 aliphatic carbocycles. The van der Waals surface area contributed by atoms with Crippen molar-refractivity contribution in [2.24, 2.45) is 0 Å². The molecular weight excluding hydrogens is 272 g/mol. The summed E-state index contributed by atoms with van der Waals surface area (Å²) >= 11 is 2.96. The molecule has 1 rings (SSSR count). The van der Waals surface area contributed by atoms with Crippen LogP contribution in [0.1, 0.15) is 23.2 Å². The molecule has 3 nitrogen and oxygen atoms in total. The molecule has 0 atom stereocenters. The fourth-order valence-corrected chi connectivity index (χ4v) is 1.88. The van der Waals surface area contributed by atoms with Gasteiger partial charge in [-0.05, 0) is 34.0 Å². The van der Waals surface area contributed by atoms with Gasteiger partial charge in [0.25, 0.3) is 6.43 Å². The number of halogens is 3. The lowest BCUT2D eigenvalue weighted by Gasteiger charge is -2.09. The van der Waals surface area contributed by atoms with Crippen LogP contribution in [0.4, 0.5) is 8.78 Å². The number of rotatable bonds is 3. The summed E-state index contributed by atoms with van der Waals surface area (Å²) in [5.41, 5.74) is 0.498. The highest BCUT2D eigenvalue weighted by atomic mass is 79.9. The number of carbonyl (C=O) groups is 1. The van der Waals surface area contributed by atoms with Crippen LogP contribution >= 0.6 is 15.9 Å². The zero-order valence-electron chi connectivity index (χ0n) is 7.80. The number of hydrogen-bond acceptors (Lipinski definition) is 2. The summed E-state index contributed by atoms with van der Waals surface area (Å²) in [5, 5.41) is 8.62. The largest absolute Gasteiger partial charge is 0.481 e. The van der Waals surface area contributed by atoms with Crippen molar-refractivity contribution in [2.75, 3.05) is 0 Å². The Kier molecular flexibility index (Phi) is 3.73. The van der Waals surface area contributed by atoms with Crippen molar-refractivity contribution < 1.29 is 18.7 Å². The molecule has 82 valence electrons. The van der Waals surface area contributed by atoms with Gasteiger partial charge in [0.05, 0.1) is 6.42 Å². The number of pyridine rings is 1. The standard InChI is InChI=1S/C9H8BrF2NO2/c1-4-3-13-8(9(11)12)7(10)5(4)2-6(14)15/h3,9H,2H2,1H3,(H,14,15). The third kappa shape index (κ3) is 2.71. The predicted octanol–water partition coefficient (Wildman–Crippen LogP) is 2.72. The van der Waals surface area contributed by atoms with Crippen LogP contribution in [-0.2, 0) is 11.2 Å². The highest BCUT2D eigenvalue weighted by Crippen LogP contribution is 2.30. The van der Waals surface area contributed by atoms with Crippen molar-refractivity contribution >= 4 is 21.9 Å². The summed E-state index contributed by atoms with van der Waals surface area (Å²) in [6, 6.07) is 0. The summed E-state index contributed by atoms with van der Waals surface area (Å²) in [5.74, 6) is -1.06. The number of hydrogen-bond donors (Lipinski definition) is 1. The third-order valence-corrected chi connectivity index (χ3v) is 2.78. The first-order valence-corrected chi connectivity index (χ1v) is 4.86. The maximum atomic E-state index is 12.4. The second kappa shape index (κ2) is 4.65. The van der Waals surface area contributed by atoms with E-state index in [1.54, 1.807) is 6.92 Å². The molecule has 6 heteroatoms. The average molecular weight is 280 g/mol. The number of carboxylic acids is 1. The van der Waals surface area contributed by atoms with Gasteiger partial charge in [-0.2, -0.15) is 0 Å². The van der Waals surface area contributed by atoms with Gasteiger partial charge >= 0.3 is 5.97 Å². The lowest BCUT2D eigenvalue weighted by Crippen LogP contribution is -2.06. The second-order valence-electron chi connectivity index (χ2n) is 2.99. The zero-order chi connectivity index (χ0) is 11.6. The maximum Gasteiger partial charge on any atom is 0.307 e. The van der Waals surface area contributed by atoms with Crippen molar-refractivity contribution in [3.8, 4) is 0 Å². The second-order valence-corrected chi connectivity index (χ2v) is 3.78. The molecule has 0 aromatic carbocycles. The quantitative estimate of drug-likeness (QED) is 0.926. The average Bonchev–Trinajstić information content (AvgIpc) is 2.11. The van der Waals surface area contributed by atoms with Gasteiger partial charge in [-0.3, -0.25) is 9.78 Å². The van der Waals surface area contributed by atoms with E-state index in [4.69, 9.17) is 5.11 Å². The molecule has 0 spiro atoms. The van der Waals surface area contributed by atoms with Crippen molar-refractivity contribution in [3.63, 3.8) is 0 Å². The molecule has 1 aromatic heterocycles. The Balaban J connectivity index is 3.23. The Hall–Kier alpha value is -1.04. The Morgan fingerprint density at radius 2 is 2.27 bits per heavy atom. The van der Waals surface area contributed by atoms with Gasteiger partial charge in [0.15, 0.2) is 0 Å². The Morgan fingerprint density at radius 1 is 1.67 bits per heavy atom. The summed E-state index contributed by atoms with van der Waals surface area (Å²) in [4.78, 5) is 14.1. The SMILES string of the molecule is Cc1cnc(C(F)F)c(Br)c1CC(=O)O. The van der Waals surface area contributed by atoms with E-state index in [1.807, 2.05) is 0 Å². The van der Waals surface area contributed by atoms with Gasteiger partial charge in [-0.25, -0.2) is 8.78 Å². The Morgan fingerprint density at radius 3 is 2.73 bits per heavy atom. The minimum atomic E-state index is -2.72. The number of alkyl halides is 2. The fraction of sp³-hybridized carbons (Fsp3) is 0.333. The zero-order valence-corrected chi connectivity index (χ0v) is 9.38. The summed E-state index contributed by atoms with van der Waals surface area (Å²) in [7, 11) is 0. The van der Waals surface area contributed by atoms with Crippen LogP contribution in [0.3, 0.4) is 0 Å². The van der Waals surface area contributed by atoms with Gasteiger partial charge in [-0.1, -0.05) is 0 Å². The number of nitrogens with zero attached hydrogens (tertiary/aromatic N) is 1. The van der Waals surface area contributed by atoms with E-state index in [0.717, 1.165) is 0 Å². The molecule has 0 aliphatic rings. The van der Waals surface area contributed by atoms with E-state index in [1.165, 1.54) is 6.20 Å². The highest BCUT2D eigenvalue weighted by molar-refractivity contribution is 9.10. The minimum absolute atomic E-state index is 0.0832. The molecule has 0 saturated heterocycles. The van der Waals surface area contributed by atoms with Crippen LogP contribution in [-0.4, -0.2) is 16.1 Å². The lowest BCUT2D eigenvalue weighted by molar-refractivity contribution is -0.136. The molecule has 15 heavy (non-hydrogen) atoms. The van der Waals surface area contributed by atoms with Gasteiger partial charge in [-0.15, -0.1) is 0 Å². The van der Waals surface area contributed by atoms with E-state index in [0.29, 0.717) is 11.1 Å². The van der Waals surface area contributed by atoms with Crippen molar-refractivity contribution in [1.82, 2.24) is 4.98 Å². The molecule has 0 saturated carbocycles. The van der Waals surface area contributed by atoms with Crippen LogP contribution in [0.2, 0.25) is 0 Å². The first-order valence-electron chi connectivity index (χ1n) is 4.07. The summed E-state index contributed by atoms with van der Waals surface area (Å²) in [6.07, 6.45) is -1.76. The van der Waals surface area contributed by atoms with Crippen LogP contribution in [0.15, 0.2) is 10.7 Å². The van der Waals surface area contributed by atoms with Gasteiger partial charge in [0, 0.05) is 10.7 Å². The number of aromatic nitrogens is 1. The summed E-state index contributed by atoms with van der Waals surface area (Å²) < 4.78 is 25.0. The fourth-order valence-electron chi connectivity index (χ4n) is 1.15. The Labute approximate surface area is 93.3 Å². The van der Waals surface area contributed by atoms with E-state index < -0.39 is 18.1 Å². The molecule has 1 N–H and O–H groups in total. The van der Waals surface area contributed by atoms with Crippen LogP contribution in [0, 0.1) is 6.92 Å². The molecule has 0 aliphatic heterocycles. The first-order chi connectivity index (χ1) is 6.93. The molecule has 0 bridgehead atoms. The number of carboxylic acid groups (broad SMARTS) is 1. The topological polar surface area (TPSA) is 50.2 Å². The maximum absolute atomic E-state index is 12.4. The van der Waals surface area contributed by atoms with Crippen LogP contribution in [0.25, 0.3) is 0 Å². The number of aryl methyl sites for hydroxylation is 1. The van der Waals surface area contributed by atoms with Gasteiger partial charge < -0.3 is 5.11 Å². The van der Waals surface area contributed by atoms with E-state index in [9.17, 15) is 13.6 Å². The smallest absolute Gasteiger partial charge is 0.307 e. The van der Waals surface area contributed by atoms with Gasteiger partial charge in [0.2, 0.25) is 0 Å². The van der Waals surface area contributed by atoms with Crippen molar-refractivity contribution in [1.29, 1.82) is 0 Å². The normalized spacial score (nSPS) is 10.7. The monoisotopic (exact) mass is 279 g/mol.